The van der Waals surface area contributed by atoms with Crippen LogP contribution in [0.25, 0.3) is 0 Å². The first kappa shape index (κ1) is 15.6. The van der Waals surface area contributed by atoms with Crippen molar-refractivity contribution < 1.29 is 4.79 Å². The van der Waals surface area contributed by atoms with Gasteiger partial charge in [-0.3, -0.25) is 9.69 Å². The summed E-state index contributed by atoms with van der Waals surface area (Å²) in [5.74, 6) is 0.756. The van der Waals surface area contributed by atoms with Crippen LogP contribution in [0.3, 0.4) is 0 Å². The van der Waals surface area contributed by atoms with E-state index in [2.05, 4.69) is 12.2 Å². The standard InChI is InChI=1S/C15H20Cl2N2O/c1-10(12-4-5-12)18-15(20)9-19(2)8-11-3-6-13(16)14(17)7-11/h3,6-7,10,12H,4-5,8-9H2,1-2H3,(H,18,20)/t10-/m1/s1. The summed E-state index contributed by atoms with van der Waals surface area (Å²) in [6.07, 6.45) is 2.47. The molecule has 3 nitrogen and oxygen atoms in total. The van der Waals surface area contributed by atoms with Crippen molar-refractivity contribution in [2.45, 2.75) is 32.4 Å². The van der Waals surface area contributed by atoms with Crippen LogP contribution < -0.4 is 5.32 Å². The van der Waals surface area contributed by atoms with Gasteiger partial charge >= 0.3 is 0 Å². The second-order valence-electron chi connectivity index (χ2n) is 5.61. The van der Waals surface area contributed by atoms with Gasteiger partial charge in [0.05, 0.1) is 16.6 Å². The first-order valence-electron chi connectivity index (χ1n) is 6.87. The minimum atomic E-state index is 0.0759. The van der Waals surface area contributed by atoms with Gasteiger partial charge in [-0.05, 0) is 50.4 Å². The van der Waals surface area contributed by atoms with E-state index in [1.807, 2.05) is 24.1 Å². The molecule has 1 atom stereocenters. The Kier molecular flexibility index (Phi) is 5.30. The Bertz CT molecular complexity index is 489. The van der Waals surface area contributed by atoms with Crippen molar-refractivity contribution in [1.29, 1.82) is 0 Å². The van der Waals surface area contributed by atoms with Gasteiger partial charge in [0, 0.05) is 12.6 Å². The fraction of sp³-hybridized carbons (Fsp3) is 0.533. The quantitative estimate of drug-likeness (QED) is 0.873. The third kappa shape index (κ3) is 4.65. The molecule has 0 unspecified atom stereocenters. The predicted octanol–water partition coefficient (Wildman–Crippen LogP) is 3.34. The lowest BCUT2D eigenvalue weighted by Gasteiger charge is -2.19. The Labute approximate surface area is 130 Å². The van der Waals surface area contributed by atoms with Gasteiger partial charge in [0.25, 0.3) is 0 Å². The normalized spacial score (nSPS) is 16.2. The van der Waals surface area contributed by atoms with E-state index in [1.165, 1.54) is 12.8 Å². The number of nitrogens with one attached hydrogen (secondary N) is 1. The molecule has 0 spiro atoms. The van der Waals surface area contributed by atoms with Crippen LogP contribution in [0.5, 0.6) is 0 Å². The average molecular weight is 315 g/mol. The SMILES string of the molecule is C[C@@H](NC(=O)CN(C)Cc1ccc(Cl)c(Cl)c1)C1CC1. The van der Waals surface area contributed by atoms with E-state index in [1.54, 1.807) is 6.07 Å². The van der Waals surface area contributed by atoms with Crippen LogP contribution in [0, 0.1) is 5.92 Å². The molecule has 110 valence electrons. The number of amides is 1. The summed E-state index contributed by atoms with van der Waals surface area (Å²) in [5, 5.41) is 4.15. The third-order valence-corrected chi connectivity index (χ3v) is 4.31. The molecule has 1 aromatic carbocycles. The number of nitrogens with zero attached hydrogens (tertiary/aromatic N) is 1. The summed E-state index contributed by atoms with van der Waals surface area (Å²) in [7, 11) is 1.92. The van der Waals surface area contributed by atoms with Crippen molar-refractivity contribution in [2.24, 2.45) is 5.92 Å². The molecular formula is C15H20Cl2N2O. The first-order valence-corrected chi connectivity index (χ1v) is 7.63. The fourth-order valence-corrected chi connectivity index (χ4v) is 2.59. The van der Waals surface area contributed by atoms with Gasteiger partial charge in [0.15, 0.2) is 0 Å². The first-order chi connectivity index (χ1) is 9.45. The molecule has 2 rings (SSSR count). The molecule has 0 aliphatic heterocycles. The van der Waals surface area contributed by atoms with Gasteiger partial charge in [-0.1, -0.05) is 29.3 Å². The maximum atomic E-state index is 11.9. The minimum absolute atomic E-state index is 0.0759. The molecule has 1 fully saturated rings. The number of hydrogen-bond donors (Lipinski definition) is 1. The van der Waals surface area contributed by atoms with Crippen molar-refractivity contribution in [1.82, 2.24) is 10.2 Å². The Hall–Kier alpha value is -0.770. The molecule has 1 amide bonds. The largest absolute Gasteiger partial charge is 0.352 e. The predicted molar refractivity (Wildman–Crippen MR) is 83.1 cm³/mol. The zero-order chi connectivity index (χ0) is 14.7. The van der Waals surface area contributed by atoms with Crippen molar-refractivity contribution in [2.75, 3.05) is 13.6 Å². The summed E-state index contributed by atoms with van der Waals surface area (Å²) < 4.78 is 0. The lowest BCUT2D eigenvalue weighted by molar-refractivity contribution is -0.122. The number of carbonyl (C=O) groups is 1. The summed E-state index contributed by atoms with van der Waals surface area (Å²) in [6.45, 7) is 3.13. The van der Waals surface area contributed by atoms with Gasteiger partial charge in [-0.2, -0.15) is 0 Å². The van der Waals surface area contributed by atoms with Crippen LogP contribution in [0.15, 0.2) is 18.2 Å². The Balaban J connectivity index is 1.80. The molecular weight excluding hydrogens is 295 g/mol. The van der Waals surface area contributed by atoms with Crippen LogP contribution in [-0.2, 0) is 11.3 Å². The molecule has 0 aromatic heterocycles. The number of rotatable bonds is 6. The molecule has 1 saturated carbocycles. The highest BCUT2D eigenvalue weighted by Crippen LogP contribution is 2.32. The molecule has 20 heavy (non-hydrogen) atoms. The third-order valence-electron chi connectivity index (χ3n) is 3.57. The monoisotopic (exact) mass is 314 g/mol. The van der Waals surface area contributed by atoms with E-state index in [4.69, 9.17) is 23.2 Å². The van der Waals surface area contributed by atoms with Crippen LogP contribution in [0.2, 0.25) is 10.0 Å². The van der Waals surface area contributed by atoms with Gasteiger partial charge in [0.1, 0.15) is 0 Å². The average Bonchev–Trinajstić information content (AvgIpc) is 3.17. The Morgan fingerprint density at radius 3 is 2.70 bits per heavy atom. The van der Waals surface area contributed by atoms with Gasteiger partial charge in [-0.15, -0.1) is 0 Å². The maximum absolute atomic E-state index is 11.9. The van der Waals surface area contributed by atoms with Crippen LogP contribution in [-0.4, -0.2) is 30.4 Å². The second-order valence-corrected chi connectivity index (χ2v) is 6.43. The van der Waals surface area contributed by atoms with E-state index in [0.29, 0.717) is 35.1 Å². The summed E-state index contributed by atoms with van der Waals surface area (Å²) >= 11 is 11.9. The summed E-state index contributed by atoms with van der Waals surface area (Å²) in [5.41, 5.74) is 1.05. The number of likely N-dealkylation sites (N-methyl/N-ethyl adjacent to an activating group) is 1. The summed E-state index contributed by atoms with van der Waals surface area (Å²) in [4.78, 5) is 13.9. The number of carbonyl (C=O) groups excluding carboxylic acids is 1. The molecule has 1 N–H and O–H groups in total. The molecule has 1 aromatic rings. The highest BCUT2D eigenvalue weighted by molar-refractivity contribution is 6.42. The highest BCUT2D eigenvalue weighted by atomic mass is 35.5. The van der Waals surface area contributed by atoms with Gasteiger partial charge in [-0.25, -0.2) is 0 Å². The minimum Gasteiger partial charge on any atom is -0.352 e. The zero-order valence-corrected chi connectivity index (χ0v) is 13.3. The number of hydrogen-bond acceptors (Lipinski definition) is 2. The number of benzene rings is 1. The molecule has 0 radical (unpaired) electrons. The molecule has 1 aliphatic carbocycles. The van der Waals surface area contributed by atoms with E-state index in [-0.39, 0.29) is 5.91 Å². The van der Waals surface area contributed by atoms with E-state index in [0.717, 1.165) is 5.56 Å². The van der Waals surface area contributed by atoms with Crippen molar-refractivity contribution in [3.63, 3.8) is 0 Å². The lowest BCUT2D eigenvalue weighted by atomic mass is 10.2. The van der Waals surface area contributed by atoms with E-state index in [9.17, 15) is 4.79 Å². The topological polar surface area (TPSA) is 32.3 Å². The smallest absolute Gasteiger partial charge is 0.234 e. The van der Waals surface area contributed by atoms with Crippen LogP contribution >= 0.6 is 23.2 Å². The lowest BCUT2D eigenvalue weighted by Crippen LogP contribution is -2.40. The molecule has 5 heteroatoms. The molecule has 0 bridgehead atoms. The molecule has 0 saturated heterocycles. The van der Waals surface area contributed by atoms with Crippen LogP contribution in [0.4, 0.5) is 0 Å². The van der Waals surface area contributed by atoms with Crippen LogP contribution in [0.1, 0.15) is 25.3 Å². The van der Waals surface area contributed by atoms with E-state index < -0.39 is 0 Å². The summed E-state index contributed by atoms with van der Waals surface area (Å²) in [6, 6.07) is 5.84. The van der Waals surface area contributed by atoms with E-state index >= 15 is 0 Å². The van der Waals surface area contributed by atoms with Crippen molar-refractivity contribution >= 4 is 29.1 Å². The Morgan fingerprint density at radius 1 is 1.40 bits per heavy atom. The van der Waals surface area contributed by atoms with Crippen molar-refractivity contribution in [3.05, 3.63) is 33.8 Å². The Morgan fingerprint density at radius 2 is 2.10 bits per heavy atom. The molecule has 1 aliphatic rings. The van der Waals surface area contributed by atoms with Gasteiger partial charge < -0.3 is 5.32 Å². The van der Waals surface area contributed by atoms with Gasteiger partial charge in [0.2, 0.25) is 5.91 Å². The highest BCUT2D eigenvalue weighted by Gasteiger charge is 2.28. The zero-order valence-electron chi connectivity index (χ0n) is 11.8. The maximum Gasteiger partial charge on any atom is 0.234 e. The second kappa shape index (κ2) is 6.79. The van der Waals surface area contributed by atoms with Crippen molar-refractivity contribution in [3.8, 4) is 0 Å². The number of halogens is 2. The fourth-order valence-electron chi connectivity index (χ4n) is 2.26. The molecule has 0 heterocycles.